The van der Waals surface area contributed by atoms with Gasteiger partial charge >= 0.3 is 0 Å². The topological polar surface area (TPSA) is 17.0 Å². The second-order valence-corrected chi connectivity index (χ2v) is 4.40. The molecule has 2 heteroatoms. The Bertz CT molecular complexity index is 295. The first-order valence-electron chi connectivity index (χ1n) is 5.59. The van der Waals surface area contributed by atoms with Crippen molar-refractivity contribution in [1.82, 2.24) is 9.88 Å². The van der Waals surface area contributed by atoms with E-state index in [0.717, 1.165) is 0 Å². The van der Waals surface area contributed by atoms with Crippen LogP contribution in [0.1, 0.15) is 37.8 Å². The lowest BCUT2D eigenvalue weighted by Gasteiger charge is -2.37. The summed E-state index contributed by atoms with van der Waals surface area (Å²) in [6.45, 7) is 0. The lowest BCUT2D eigenvalue weighted by molar-refractivity contribution is 0.238. The molecule has 0 spiro atoms. The van der Waals surface area contributed by atoms with Crippen LogP contribution in [0.25, 0.3) is 0 Å². The standard InChI is InChI=1S/C12H20N2/c1-13-12(8-4-3-5-9-12)11-7-6-10-14(11)2/h6-7,10,13H,3-5,8-9H2,1-2H3. The van der Waals surface area contributed by atoms with Crippen LogP contribution in [-0.4, -0.2) is 11.6 Å². The largest absolute Gasteiger partial charge is 0.353 e. The van der Waals surface area contributed by atoms with Crippen LogP contribution in [0.2, 0.25) is 0 Å². The predicted molar refractivity (Wildman–Crippen MR) is 59.2 cm³/mol. The minimum Gasteiger partial charge on any atom is -0.353 e. The van der Waals surface area contributed by atoms with Crippen molar-refractivity contribution >= 4 is 0 Å². The van der Waals surface area contributed by atoms with Gasteiger partial charge in [0.1, 0.15) is 0 Å². The monoisotopic (exact) mass is 192 g/mol. The van der Waals surface area contributed by atoms with Gasteiger partial charge < -0.3 is 9.88 Å². The van der Waals surface area contributed by atoms with Crippen LogP contribution in [0.5, 0.6) is 0 Å². The molecule has 1 aromatic heterocycles. The normalized spacial score (nSPS) is 21.0. The number of aromatic nitrogens is 1. The fourth-order valence-corrected chi connectivity index (χ4v) is 2.75. The molecular formula is C12H20N2. The summed E-state index contributed by atoms with van der Waals surface area (Å²) in [4.78, 5) is 0. The summed E-state index contributed by atoms with van der Waals surface area (Å²) in [5.74, 6) is 0. The van der Waals surface area contributed by atoms with Gasteiger partial charge in [-0.15, -0.1) is 0 Å². The highest BCUT2D eigenvalue weighted by Gasteiger charge is 2.33. The number of aryl methyl sites for hydroxylation is 1. The van der Waals surface area contributed by atoms with Crippen molar-refractivity contribution in [2.24, 2.45) is 7.05 Å². The summed E-state index contributed by atoms with van der Waals surface area (Å²) in [6.07, 6.45) is 8.80. The van der Waals surface area contributed by atoms with Gasteiger partial charge in [-0.2, -0.15) is 0 Å². The third-order valence-electron chi connectivity index (χ3n) is 3.62. The number of rotatable bonds is 2. The molecule has 1 aromatic rings. The second kappa shape index (κ2) is 3.77. The first-order valence-corrected chi connectivity index (χ1v) is 5.59. The van der Waals surface area contributed by atoms with Crippen LogP contribution in [0.3, 0.4) is 0 Å². The Kier molecular flexibility index (Phi) is 2.64. The van der Waals surface area contributed by atoms with E-state index in [0.29, 0.717) is 0 Å². The maximum atomic E-state index is 3.54. The molecule has 2 rings (SSSR count). The first-order chi connectivity index (χ1) is 6.78. The highest BCUT2D eigenvalue weighted by Crippen LogP contribution is 2.36. The zero-order chi connectivity index (χ0) is 10.0. The van der Waals surface area contributed by atoms with Gasteiger partial charge in [0.15, 0.2) is 0 Å². The van der Waals surface area contributed by atoms with Crippen molar-refractivity contribution in [2.75, 3.05) is 7.05 Å². The summed E-state index contributed by atoms with van der Waals surface area (Å²) in [7, 11) is 4.24. The van der Waals surface area contributed by atoms with Gasteiger partial charge in [0, 0.05) is 18.9 Å². The summed E-state index contributed by atoms with van der Waals surface area (Å²) in [6, 6.07) is 4.39. The highest BCUT2D eigenvalue weighted by atomic mass is 15.0. The van der Waals surface area contributed by atoms with Gasteiger partial charge in [-0.25, -0.2) is 0 Å². The lowest BCUT2D eigenvalue weighted by atomic mass is 9.79. The molecule has 0 saturated heterocycles. The smallest absolute Gasteiger partial charge is 0.0585 e. The fourth-order valence-electron chi connectivity index (χ4n) is 2.75. The van der Waals surface area contributed by atoms with E-state index in [9.17, 15) is 0 Å². The Morgan fingerprint density at radius 2 is 2.00 bits per heavy atom. The Morgan fingerprint density at radius 1 is 1.29 bits per heavy atom. The number of hydrogen-bond acceptors (Lipinski definition) is 1. The Hall–Kier alpha value is -0.760. The van der Waals surface area contributed by atoms with Crippen molar-refractivity contribution in [1.29, 1.82) is 0 Å². The van der Waals surface area contributed by atoms with Crippen LogP contribution in [0, 0.1) is 0 Å². The molecule has 0 bridgehead atoms. The van der Waals surface area contributed by atoms with Crippen LogP contribution >= 0.6 is 0 Å². The van der Waals surface area contributed by atoms with Gasteiger partial charge in [-0.05, 0) is 32.0 Å². The van der Waals surface area contributed by atoms with E-state index in [1.54, 1.807) is 0 Å². The van der Waals surface area contributed by atoms with Gasteiger partial charge in [0.2, 0.25) is 0 Å². The molecule has 2 nitrogen and oxygen atoms in total. The molecule has 0 unspecified atom stereocenters. The summed E-state index contributed by atoms with van der Waals surface area (Å²) < 4.78 is 2.25. The van der Waals surface area contributed by atoms with Crippen LogP contribution < -0.4 is 5.32 Å². The average molecular weight is 192 g/mol. The average Bonchev–Trinajstić information content (AvgIpc) is 2.66. The molecule has 0 amide bonds. The number of hydrogen-bond donors (Lipinski definition) is 1. The molecule has 1 aliphatic rings. The minimum absolute atomic E-state index is 0.247. The molecule has 1 heterocycles. The van der Waals surface area contributed by atoms with Crippen molar-refractivity contribution in [3.63, 3.8) is 0 Å². The van der Waals surface area contributed by atoms with Gasteiger partial charge in [-0.3, -0.25) is 0 Å². The Labute approximate surface area is 86.3 Å². The molecule has 14 heavy (non-hydrogen) atoms. The van der Waals surface area contributed by atoms with Crippen molar-refractivity contribution in [3.05, 3.63) is 24.0 Å². The summed E-state index contributed by atoms with van der Waals surface area (Å²) >= 11 is 0. The molecule has 0 aliphatic heterocycles. The Balaban J connectivity index is 2.31. The molecular weight excluding hydrogens is 172 g/mol. The van der Waals surface area contributed by atoms with Gasteiger partial charge in [-0.1, -0.05) is 19.3 Å². The molecule has 0 atom stereocenters. The molecule has 0 radical (unpaired) electrons. The van der Waals surface area contributed by atoms with Gasteiger partial charge in [0.05, 0.1) is 5.54 Å². The van der Waals surface area contributed by atoms with Crippen LogP contribution in [0.15, 0.2) is 18.3 Å². The highest BCUT2D eigenvalue weighted by molar-refractivity contribution is 5.19. The summed E-state index contributed by atoms with van der Waals surface area (Å²) in [5.41, 5.74) is 1.69. The van der Waals surface area contributed by atoms with E-state index in [1.165, 1.54) is 37.8 Å². The molecule has 1 aliphatic carbocycles. The van der Waals surface area contributed by atoms with Gasteiger partial charge in [0.25, 0.3) is 0 Å². The Morgan fingerprint density at radius 3 is 2.50 bits per heavy atom. The number of nitrogens with one attached hydrogen (secondary N) is 1. The van der Waals surface area contributed by atoms with E-state index in [-0.39, 0.29) is 5.54 Å². The molecule has 0 aromatic carbocycles. The quantitative estimate of drug-likeness (QED) is 0.761. The third-order valence-corrected chi connectivity index (χ3v) is 3.62. The van der Waals surface area contributed by atoms with Crippen LogP contribution in [-0.2, 0) is 12.6 Å². The van der Waals surface area contributed by atoms with Crippen LogP contribution in [0.4, 0.5) is 0 Å². The van der Waals surface area contributed by atoms with Crippen molar-refractivity contribution in [3.8, 4) is 0 Å². The predicted octanol–water partition coefficient (Wildman–Crippen LogP) is 2.40. The van der Waals surface area contributed by atoms with E-state index < -0.39 is 0 Å². The SMILES string of the molecule is CNC1(c2cccn2C)CCCCC1. The summed E-state index contributed by atoms with van der Waals surface area (Å²) in [5, 5.41) is 3.54. The van der Waals surface area contributed by atoms with E-state index in [2.05, 4.69) is 42.3 Å². The molecule has 78 valence electrons. The lowest BCUT2D eigenvalue weighted by Crippen LogP contribution is -2.43. The fraction of sp³-hybridized carbons (Fsp3) is 0.667. The molecule has 1 N–H and O–H groups in total. The molecule has 1 fully saturated rings. The number of nitrogens with zero attached hydrogens (tertiary/aromatic N) is 1. The van der Waals surface area contributed by atoms with Crippen molar-refractivity contribution in [2.45, 2.75) is 37.6 Å². The molecule has 1 saturated carbocycles. The maximum absolute atomic E-state index is 3.54. The second-order valence-electron chi connectivity index (χ2n) is 4.40. The third kappa shape index (κ3) is 1.48. The first kappa shape index (κ1) is 9.78. The van der Waals surface area contributed by atoms with E-state index in [4.69, 9.17) is 0 Å². The minimum atomic E-state index is 0.247. The van der Waals surface area contributed by atoms with Crippen molar-refractivity contribution < 1.29 is 0 Å². The van der Waals surface area contributed by atoms with E-state index >= 15 is 0 Å². The van der Waals surface area contributed by atoms with E-state index in [1.807, 2.05) is 0 Å². The zero-order valence-corrected chi connectivity index (χ0v) is 9.21. The maximum Gasteiger partial charge on any atom is 0.0585 e. The zero-order valence-electron chi connectivity index (χ0n) is 9.21.